The number of hydrogen-bond acceptors (Lipinski definition) is 2. The number of fused-ring (bicyclic) bond motifs is 5. The Bertz CT molecular complexity index is 250. The van der Waals surface area contributed by atoms with Crippen molar-refractivity contribution in [2.45, 2.75) is 25.6 Å². The summed E-state index contributed by atoms with van der Waals surface area (Å²) in [7, 11) is 0. The minimum absolute atomic E-state index is 0.126. The van der Waals surface area contributed by atoms with Crippen LogP contribution in [0.3, 0.4) is 0 Å². The predicted octanol–water partition coefficient (Wildman–Crippen LogP) is 0.740. The molecule has 6 atom stereocenters. The molecule has 3 rings (SSSR count). The number of carbonyl (C=O) groups is 1. The normalized spacial score (nSPS) is 60.1. The van der Waals surface area contributed by atoms with Crippen LogP contribution in [-0.4, -0.2) is 23.3 Å². The number of aliphatic carboxylic acids is 1. The average molecular weight is 168 g/mol. The van der Waals surface area contributed by atoms with Crippen LogP contribution in [-0.2, 0) is 9.53 Å². The molecule has 0 unspecified atom stereocenters. The molecule has 0 aromatic heterocycles. The standard InChI is InChI=1S/C9H12O3/c1-3-4-2-5(6(3)9(10)11)8-7(4)12-8/h3-8H,2H2,1H3,(H,10,11)/t3-,4+,5+,6+,7-,8+/m1/s1. The lowest BCUT2D eigenvalue weighted by Gasteiger charge is -2.21. The van der Waals surface area contributed by atoms with E-state index in [0.717, 1.165) is 6.42 Å². The molecule has 1 aliphatic heterocycles. The van der Waals surface area contributed by atoms with Crippen molar-refractivity contribution in [1.29, 1.82) is 0 Å². The summed E-state index contributed by atoms with van der Waals surface area (Å²) < 4.78 is 5.43. The van der Waals surface area contributed by atoms with Crippen LogP contribution in [0.15, 0.2) is 0 Å². The molecule has 2 saturated carbocycles. The van der Waals surface area contributed by atoms with E-state index in [1.807, 2.05) is 0 Å². The van der Waals surface area contributed by atoms with Gasteiger partial charge in [0, 0.05) is 5.92 Å². The first kappa shape index (κ1) is 6.89. The van der Waals surface area contributed by atoms with Gasteiger partial charge >= 0.3 is 5.97 Å². The molecule has 2 aliphatic carbocycles. The van der Waals surface area contributed by atoms with Crippen LogP contribution in [0.1, 0.15) is 13.3 Å². The molecule has 1 saturated heterocycles. The minimum atomic E-state index is -0.621. The van der Waals surface area contributed by atoms with Gasteiger partial charge in [0.05, 0.1) is 18.1 Å². The second-order valence-corrected chi connectivity index (χ2v) is 4.35. The SMILES string of the molecule is C[C@@H]1[C@@H]2C[C@H]([C@@H]3O[C@H]23)[C@H]1C(=O)O. The Hall–Kier alpha value is -0.570. The van der Waals surface area contributed by atoms with Crippen molar-refractivity contribution in [3.8, 4) is 0 Å². The Morgan fingerprint density at radius 1 is 1.42 bits per heavy atom. The molecule has 1 heterocycles. The molecule has 3 aliphatic rings. The van der Waals surface area contributed by atoms with Crippen LogP contribution in [0.4, 0.5) is 0 Å². The highest BCUT2D eigenvalue weighted by molar-refractivity contribution is 5.72. The van der Waals surface area contributed by atoms with E-state index in [9.17, 15) is 4.79 Å². The van der Waals surface area contributed by atoms with E-state index in [4.69, 9.17) is 9.84 Å². The van der Waals surface area contributed by atoms with Crippen LogP contribution >= 0.6 is 0 Å². The molecule has 2 bridgehead atoms. The summed E-state index contributed by atoms with van der Waals surface area (Å²) in [6.07, 6.45) is 1.83. The fourth-order valence-electron chi connectivity index (χ4n) is 3.34. The summed E-state index contributed by atoms with van der Waals surface area (Å²) in [5.74, 6) is 0.451. The maximum absolute atomic E-state index is 10.9. The summed E-state index contributed by atoms with van der Waals surface area (Å²) in [4.78, 5) is 10.9. The Labute approximate surface area is 70.7 Å². The Morgan fingerprint density at radius 2 is 2.08 bits per heavy atom. The van der Waals surface area contributed by atoms with Gasteiger partial charge < -0.3 is 9.84 Å². The summed E-state index contributed by atoms with van der Waals surface area (Å²) in [5.41, 5.74) is 0. The third-order valence-electron chi connectivity index (χ3n) is 3.94. The summed E-state index contributed by atoms with van der Waals surface area (Å²) in [6, 6.07) is 0. The van der Waals surface area contributed by atoms with Crippen LogP contribution in [0, 0.1) is 23.7 Å². The molecule has 0 amide bonds. The zero-order valence-electron chi connectivity index (χ0n) is 6.93. The fourth-order valence-corrected chi connectivity index (χ4v) is 3.34. The van der Waals surface area contributed by atoms with Gasteiger partial charge in [0.25, 0.3) is 0 Å². The van der Waals surface area contributed by atoms with E-state index in [2.05, 4.69) is 6.92 Å². The maximum atomic E-state index is 10.9. The smallest absolute Gasteiger partial charge is 0.307 e. The van der Waals surface area contributed by atoms with E-state index in [1.165, 1.54) is 0 Å². The lowest BCUT2D eigenvalue weighted by molar-refractivity contribution is -0.145. The van der Waals surface area contributed by atoms with Crippen molar-refractivity contribution >= 4 is 5.97 Å². The maximum Gasteiger partial charge on any atom is 0.307 e. The molecule has 1 N–H and O–H groups in total. The topological polar surface area (TPSA) is 49.8 Å². The van der Waals surface area contributed by atoms with E-state index in [0.29, 0.717) is 30.0 Å². The van der Waals surface area contributed by atoms with Crippen molar-refractivity contribution in [3.63, 3.8) is 0 Å². The molecule has 12 heavy (non-hydrogen) atoms. The first-order valence-electron chi connectivity index (χ1n) is 4.58. The van der Waals surface area contributed by atoms with Gasteiger partial charge in [-0.2, -0.15) is 0 Å². The molecular formula is C9H12O3. The van der Waals surface area contributed by atoms with Gasteiger partial charge in [-0.25, -0.2) is 0 Å². The van der Waals surface area contributed by atoms with Gasteiger partial charge in [-0.1, -0.05) is 6.92 Å². The van der Waals surface area contributed by atoms with Crippen molar-refractivity contribution in [3.05, 3.63) is 0 Å². The fraction of sp³-hybridized carbons (Fsp3) is 0.889. The van der Waals surface area contributed by atoms with E-state index >= 15 is 0 Å². The quantitative estimate of drug-likeness (QED) is 0.587. The van der Waals surface area contributed by atoms with Crippen LogP contribution < -0.4 is 0 Å². The minimum Gasteiger partial charge on any atom is -0.481 e. The first-order chi connectivity index (χ1) is 5.70. The third-order valence-corrected chi connectivity index (χ3v) is 3.94. The summed E-state index contributed by atoms with van der Waals surface area (Å²) in [5, 5.41) is 8.99. The summed E-state index contributed by atoms with van der Waals surface area (Å²) in [6.45, 7) is 2.06. The highest BCUT2D eigenvalue weighted by Crippen LogP contribution is 2.61. The van der Waals surface area contributed by atoms with Gasteiger partial charge in [-0.05, 0) is 18.3 Å². The molecule has 66 valence electrons. The van der Waals surface area contributed by atoms with E-state index in [1.54, 1.807) is 0 Å². The summed E-state index contributed by atoms with van der Waals surface area (Å²) >= 11 is 0. The largest absolute Gasteiger partial charge is 0.481 e. The van der Waals surface area contributed by atoms with Crippen molar-refractivity contribution < 1.29 is 14.6 Å². The number of hydrogen-bond donors (Lipinski definition) is 1. The predicted molar refractivity (Wildman–Crippen MR) is 40.5 cm³/mol. The van der Waals surface area contributed by atoms with Gasteiger partial charge in [0.1, 0.15) is 0 Å². The van der Waals surface area contributed by atoms with Gasteiger partial charge in [0.2, 0.25) is 0 Å². The zero-order chi connectivity index (χ0) is 8.46. The average Bonchev–Trinajstić information content (AvgIpc) is 2.63. The third kappa shape index (κ3) is 0.600. The van der Waals surface area contributed by atoms with Gasteiger partial charge in [-0.15, -0.1) is 0 Å². The molecular weight excluding hydrogens is 156 g/mol. The Morgan fingerprint density at radius 3 is 2.67 bits per heavy atom. The number of ether oxygens (including phenoxy) is 1. The second kappa shape index (κ2) is 1.84. The lowest BCUT2D eigenvalue weighted by Crippen LogP contribution is -2.31. The Kier molecular flexibility index (Phi) is 1.06. The molecule has 0 spiro atoms. The zero-order valence-corrected chi connectivity index (χ0v) is 6.93. The molecule has 3 fully saturated rings. The number of carboxylic acid groups (broad SMARTS) is 1. The van der Waals surface area contributed by atoms with E-state index in [-0.39, 0.29) is 5.92 Å². The number of rotatable bonds is 1. The van der Waals surface area contributed by atoms with Crippen molar-refractivity contribution in [1.82, 2.24) is 0 Å². The van der Waals surface area contributed by atoms with E-state index < -0.39 is 5.97 Å². The number of carboxylic acids is 1. The second-order valence-electron chi connectivity index (χ2n) is 4.35. The van der Waals surface area contributed by atoms with Crippen LogP contribution in [0.25, 0.3) is 0 Å². The van der Waals surface area contributed by atoms with Gasteiger partial charge in [0.15, 0.2) is 0 Å². The van der Waals surface area contributed by atoms with Crippen molar-refractivity contribution in [2.75, 3.05) is 0 Å². The Balaban J connectivity index is 1.93. The van der Waals surface area contributed by atoms with Crippen molar-refractivity contribution in [2.24, 2.45) is 23.7 Å². The molecule has 0 aromatic carbocycles. The van der Waals surface area contributed by atoms with Gasteiger partial charge in [-0.3, -0.25) is 4.79 Å². The van der Waals surface area contributed by atoms with Crippen LogP contribution in [0.5, 0.6) is 0 Å². The first-order valence-corrected chi connectivity index (χ1v) is 4.58. The molecule has 0 aromatic rings. The molecule has 3 nitrogen and oxygen atoms in total. The monoisotopic (exact) mass is 168 g/mol. The molecule has 3 heteroatoms. The highest BCUT2D eigenvalue weighted by atomic mass is 16.6. The number of epoxide rings is 1. The molecule has 0 radical (unpaired) electrons. The van der Waals surface area contributed by atoms with Crippen LogP contribution in [0.2, 0.25) is 0 Å². The highest BCUT2D eigenvalue weighted by Gasteiger charge is 2.67. The lowest BCUT2D eigenvalue weighted by atomic mass is 9.81.